The lowest BCUT2D eigenvalue weighted by Gasteiger charge is -2.03. The maximum absolute atomic E-state index is 8.61. The molecule has 118 valence electrons. The minimum atomic E-state index is 0. The second kappa shape index (κ2) is 11.6. The summed E-state index contributed by atoms with van der Waals surface area (Å²) >= 11 is 0. The molecule has 0 saturated heterocycles. The lowest BCUT2D eigenvalue weighted by Crippen LogP contribution is -2.28. The molecule has 0 aliphatic carbocycles. The molecule has 1 aromatic carbocycles. The van der Waals surface area contributed by atoms with Crippen molar-refractivity contribution in [1.29, 1.82) is 0 Å². The quantitative estimate of drug-likeness (QED) is 0.650. The molecule has 21 heavy (non-hydrogen) atoms. The molecule has 1 heterocycles. The highest BCUT2D eigenvalue weighted by molar-refractivity contribution is 5.85. The molecule has 0 amide bonds. The van der Waals surface area contributed by atoms with Gasteiger partial charge in [0, 0.05) is 25.2 Å². The van der Waals surface area contributed by atoms with Gasteiger partial charge in [0.1, 0.15) is 11.5 Å². The second-order valence-corrected chi connectivity index (χ2v) is 4.28. The number of hydrogen-bond acceptors (Lipinski definition) is 4. The van der Waals surface area contributed by atoms with Crippen LogP contribution in [-0.2, 0) is 6.54 Å². The van der Waals surface area contributed by atoms with Gasteiger partial charge in [0.05, 0.1) is 13.2 Å². The predicted molar refractivity (Wildman–Crippen MR) is 90.3 cm³/mol. The summed E-state index contributed by atoms with van der Waals surface area (Å²) in [4.78, 5) is 0. The number of halogens is 2. The van der Waals surface area contributed by atoms with Crippen LogP contribution in [0.4, 0.5) is 0 Å². The van der Waals surface area contributed by atoms with Crippen molar-refractivity contribution < 1.29 is 9.52 Å². The Kier molecular flexibility index (Phi) is 11.0. The molecule has 0 spiro atoms. The Morgan fingerprint density at radius 3 is 2.29 bits per heavy atom. The van der Waals surface area contributed by atoms with E-state index in [9.17, 15) is 0 Å². The summed E-state index contributed by atoms with van der Waals surface area (Å²) < 4.78 is 5.77. The van der Waals surface area contributed by atoms with Gasteiger partial charge in [0.15, 0.2) is 0 Å². The molecule has 0 bridgehead atoms. The van der Waals surface area contributed by atoms with Gasteiger partial charge in [-0.15, -0.1) is 24.8 Å². The van der Waals surface area contributed by atoms with Crippen molar-refractivity contribution in [3.63, 3.8) is 0 Å². The van der Waals surface area contributed by atoms with Gasteiger partial charge in [-0.25, -0.2) is 0 Å². The van der Waals surface area contributed by atoms with Crippen molar-refractivity contribution in [2.75, 3.05) is 26.2 Å². The van der Waals surface area contributed by atoms with Crippen molar-refractivity contribution in [2.45, 2.75) is 6.54 Å². The molecule has 0 aliphatic heterocycles. The van der Waals surface area contributed by atoms with Gasteiger partial charge in [0.2, 0.25) is 0 Å². The zero-order chi connectivity index (χ0) is 13.3. The highest BCUT2D eigenvalue weighted by Gasteiger charge is 2.03. The molecule has 0 fully saturated rings. The summed E-state index contributed by atoms with van der Waals surface area (Å²) in [7, 11) is 0. The van der Waals surface area contributed by atoms with Gasteiger partial charge in [-0.3, -0.25) is 0 Å². The van der Waals surface area contributed by atoms with Crippen molar-refractivity contribution in [3.05, 3.63) is 48.2 Å². The number of nitrogens with one attached hydrogen (secondary N) is 2. The summed E-state index contributed by atoms with van der Waals surface area (Å²) in [5.74, 6) is 1.83. The number of hydrogen-bond donors (Lipinski definition) is 3. The van der Waals surface area contributed by atoms with E-state index in [-0.39, 0.29) is 31.4 Å². The molecule has 6 heteroatoms. The van der Waals surface area contributed by atoms with Gasteiger partial charge >= 0.3 is 0 Å². The first-order valence-corrected chi connectivity index (χ1v) is 6.56. The molecule has 0 aliphatic rings. The van der Waals surface area contributed by atoms with Crippen LogP contribution >= 0.6 is 24.8 Å². The summed E-state index contributed by atoms with van der Waals surface area (Å²) in [5.41, 5.74) is 1.10. The fourth-order valence-electron chi connectivity index (χ4n) is 1.82. The van der Waals surface area contributed by atoms with E-state index in [2.05, 4.69) is 10.6 Å². The highest BCUT2D eigenvalue weighted by Crippen LogP contribution is 2.21. The first-order chi connectivity index (χ1) is 9.40. The molecule has 0 radical (unpaired) electrons. The Hall–Kier alpha value is -1.04. The SMILES string of the molecule is Cl.Cl.OCCNCCNCc1ccc(-c2ccccc2)o1. The van der Waals surface area contributed by atoms with Crippen LogP contribution in [0.5, 0.6) is 0 Å². The van der Waals surface area contributed by atoms with E-state index in [1.165, 1.54) is 0 Å². The van der Waals surface area contributed by atoms with E-state index < -0.39 is 0 Å². The van der Waals surface area contributed by atoms with Crippen molar-refractivity contribution >= 4 is 24.8 Å². The number of aliphatic hydroxyl groups is 1. The van der Waals surface area contributed by atoms with Crippen LogP contribution in [0.15, 0.2) is 46.9 Å². The molecule has 2 aromatic rings. The summed E-state index contributed by atoms with van der Waals surface area (Å²) in [6.45, 7) is 3.22. The van der Waals surface area contributed by atoms with Crippen molar-refractivity contribution in [2.24, 2.45) is 0 Å². The van der Waals surface area contributed by atoms with E-state index in [1.54, 1.807) is 0 Å². The molecule has 4 nitrogen and oxygen atoms in total. The molecule has 1 aromatic heterocycles. The molecular formula is C15H22Cl2N2O2. The Morgan fingerprint density at radius 1 is 0.857 bits per heavy atom. The van der Waals surface area contributed by atoms with E-state index in [1.807, 2.05) is 42.5 Å². The zero-order valence-electron chi connectivity index (χ0n) is 11.7. The maximum atomic E-state index is 8.61. The fourth-order valence-corrected chi connectivity index (χ4v) is 1.82. The monoisotopic (exact) mass is 332 g/mol. The third-order valence-electron chi connectivity index (χ3n) is 2.79. The van der Waals surface area contributed by atoms with Crippen LogP contribution in [0.3, 0.4) is 0 Å². The molecule has 2 rings (SSSR count). The molecule has 3 N–H and O–H groups in total. The third kappa shape index (κ3) is 6.98. The Labute approximate surface area is 137 Å². The number of furan rings is 1. The van der Waals surface area contributed by atoms with Gasteiger partial charge in [-0.1, -0.05) is 30.3 Å². The van der Waals surface area contributed by atoms with Crippen LogP contribution in [0.2, 0.25) is 0 Å². The molecular weight excluding hydrogens is 311 g/mol. The normalized spacial score (nSPS) is 9.76. The maximum Gasteiger partial charge on any atom is 0.134 e. The lowest BCUT2D eigenvalue weighted by atomic mass is 10.2. The Morgan fingerprint density at radius 2 is 1.57 bits per heavy atom. The zero-order valence-corrected chi connectivity index (χ0v) is 13.4. The number of aliphatic hydroxyl groups excluding tert-OH is 1. The smallest absolute Gasteiger partial charge is 0.134 e. The van der Waals surface area contributed by atoms with Crippen LogP contribution in [-0.4, -0.2) is 31.3 Å². The minimum absolute atomic E-state index is 0. The first kappa shape index (κ1) is 20.0. The minimum Gasteiger partial charge on any atom is -0.460 e. The van der Waals surface area contributed by atoms with Crippen LogP contribution in [0, 0.1) is 0 Å². The largest absolute Gasteiger partial charge is 0.460 e. The van der Waals surface area contributed by atoms with Crippen LogP contribution in [0.1, 0.15) is 5.76 Å². The Bertz CT molecular complexity index is 478. The van der Waals surface area contributed by atoms with E-state index in [0.29, 0.717) is 13.1 Å². The first-order valence-electron chi connectivity index (χ1n) is 6.56. The summed E-state index contributed by atoms with van der Waals surface area (Å²) in [6.07, 6.45) is 0. The predicted octanol–water partition coefficient (Wildman–Crippen LogP) is 2.46. The van der Waals surface area contributed by atoms with Crippen LogP contribution in [0.25, 0.3) is 11.3 Å². The summed E-state index contributed by atoms with van der Waals surface area (Å²) in [5, 5.41) is 15.0. The van der Waals surface area contributed by atoms with Gasteiger partial charge in [0.25, 0.3) is 0 Å². The average Bonchev–Trinajstić information content (AvgIpc) is 2.92. The average molecular weight is 333 g/mol. The topological polar surface area (TPSA) is 57.4 Å². The Balaban J connectivity index is 0.00000200. The molecule has 0 unspecified atom stereocenters. The fraction of sp³-hybridized carbons (Fsp3) is 0.333. The third-order valence-corrected chi connectivity index (χ3v) is 2.79. The number of rotatable bonds is 8. The molecule has 0 saturated carbocycles. The van der Waals surface area contributed by atoms with E-state index in [0.717, 1.165) is 30.2 Å². The number of benzene rings is 1. The van der Waals surface area contributed by atoms with Gasteiger partial charge < -0.3 is 20.2 Å². The van der Waals surface area contributed by atoms with Gasteiger partial charge in [-0.2, -0.15) is 0 Å². The summed E-state index contributed by atoms with van der Waals surface area (Å²) in [6, 6.07) is 14.1. The second-order valence-electron chi connectivity index (χ2n) is 4.28. The van der Waals surface area contributed by atoms with Crippen molar-refractivity contribution in [1.82, 2.24) is 10.6 Å². The standard InChI is InChI=1S/C15H20N2O2.2ClH/c18-11-10-16-8-9-17-12-14-6-7-15(19-14)13-4-2-1-3-5-13;;/h1-7,16-18H,8-12H2;2*1H. The van der Waals surface area contributed by atoms with E-state index in [4.69, 9.17) is 9.52 Å². The van der Waals surface area contributed by atoms with Crippen molar-refractivity contribution in [3.8, 4) is 11.3 Å². The lowest BCUT2D eigenvalue weighted by molar-refractivity contribution is 0.292. The van der Waals surface area contributed by atoms with Gasteiger partial charge in [-0.05, 0) is 12.1 Å². The highest BCUT2D eigenvalue weighted by atomic mass is 35.5. The van der Waals surface area contributed by atoms with E-state index >= 15 is 0 Å². The van der Waals surface area contributed by atoms with Crippen LogP contribution < -0.4 is 10.6 Å². The molecule has 0 atom stereocenters.